The lowest BCUT2D eigenvalue weighted by Gasteiger charge is -2.17. The minimum Gasteiger partial charge on any atom is -0.448 e. The van der Waals surface area contributed by atoms with Crippen molar-refractivity contribution in [3.63, 3.8) is 0 Å². The maximum atomic E-state index is 11.7. The highest BCUT2D eigenvalue weighted by Crippen LogP contribution is 2.16. The molecule has 19 heavy (non-hydrogen) atoms. The predicted octanol–water partition coefficient (Wildman–Crippen LogP) is 3.19. The summed E-state index contributed by atoms with van der Waals surface area (Å²) in [6.07, 6.45) is -0.390. The van der Waals surface area contributed by atoms with Crippen LogP contribution in [0.5, 0.6) is 0 Å². The second-order valence-corrected chi connectivity index (χ2v) is 4.61. The van der Waals surface area contributed by atoms with E-state index in [1.165, 1.54) is 5.56 Å². The quantitative estimate of drug-likeness (QED) is 0.858. The topological polar surface area (TPSA) is 41.6 Å². The number of aryl methyl sites for hydroxylation is 2. The van der Waals surface area contributed by atoms with E-state index in [4.69, 9.17) is 4.74 Å². The smallest absolute Gasteiger partial charge is 0.411 e. The second kappa shape index (κ2) is 7.79. The van der Waals surface area contributed by atoms with Gasteiger partial charge in [0.15, 0.2) is 0 Å². The summed E-state index contributed by atoms with van der Waals surface area (Å²) in [6, 6.07) is 5.90. The van der Waals surface area contributed by atoms with E-state index in [0.29, 0.717) is 6.61 Å². The normalized spacial score (nSPS) is 10.6. The third kappa shape index (κ3) is 5.30. The molecule has 1 amide bonds. The van der Waals surface area contributed by atoms with Gasteiger partial charge in [-0.3, -0.25) is 5.32 Å². The highest BCUT2D eigenvalue weighted by atomic mass is 16.5. The SMILES string of the molecule is CCN(CC)CCOC(=O)Nc1ccc(C)cc1C. The fraction of sp³-hybridized carbons (Fsp3) is 0.533. The molecule has 4 heteroatoms. The zero-order valence-electron chi connectivity index (χ0n) is 12.3. The van der Waals surface area contributed by atoms with Crippen molar-refractivity contribution in [3.8, 4) is 0 Å². The number of likely N-dealkylation sites (N-methyl/N-ethyl adjacent to an activating group) is 1. The first-order valence-corrected chi connectivity index (χ1v) is 6.80. The molecule has 0 saturated carbocycles. The summed E-state index contributed by atoms with van der Waals surface area (Å²) < 4.78 is 5.17. The van der Waals surface area contributed by atoms with Crippen LogP contribution in [0.25, 0.3) is 0 Å². The number of nitrogens with one attached hydrogen (secondary N) is 1. The fourth-order valence-electron chi connectivity index (χ4n) is 1.91. The standard InChI is InChI=1S/C15H24N2O2/c1-5-17(6-2)9-10-19-15(18)16-14-8-7-12(3)11-13(14)4/h7-8,11H,5-6,9-10H2,1-4H3,(H,16,18). The zero-order chi connectivity index (χ0) is 14.3. The lowest BCUT2D eigenvalue weighted by molar-refractivity contribution is 0.142. The number of anilines is 1. The van der Waals surface area contributed by atoms with Crippen LogP contribution in [0.2, 0.25) is 0 Å². The number of hydrogen-bond acceptors (Lipinski definition) is 3. The van der Waals surface area contributed by atoms with E-state index >= 15 is 0 Å². The first-order valence-electron chi connectivity index (χ1n) is 6.80. The van der Waals surface area contributed by atoms with Gasteiger partial charge < -0.3 is 9.64 Å². The molecule has 1 aromatic rings. The third-order valence-electron chi connectivity index (χ3n) is 3.15. The van der Waals surface area contributed by atoms with Crippen molar-refractivity contribution in [3.05, 3.63) is 29.3 Å². The summed E-state index contributed by atoms with van der Waals surface area (Å²) >= 11 is 0. The molecule has 106 valence electrons. The van der Waals surface area contributed by atoms with Crippen molar-refractivity contribution >= 4 is 11.8 Å². The average molecular weight is 264 g/mol. The van der Waals surface area contributed by atoms with Gasteiger partial charge in [-0.25, -0.2) is 4.79 Å². The van der Waals surface area contributed by atoms with Crippen LogP contribution in [0.3, 0.4) is 0 Å². The van der Waals surface area contributed by atoms with Crippen molar-refractivity contribution in [1.82, 2.24) is 4.90 Å². The summed E-state index contributed by atoms with van der Waals surface area (Å²) in [5.74, 6) is 0. The highest BCUT2D eigenvalue weighted by Gasteiger charge is 2.06. The number of carbonyl (C=O) groups is 1. The van der Waals surface area contributed by atoms with Gasteiger partial charge in [0.1, 0.15) is 6.61 Å². The average Bonchev–Trinajstić information content (AvgIpc) is 2.38. The molecule has 0 aromatic heterocycles. The Morgan fingerprint density at radius 2 is 1.95 bits per heavy atom. The Morgan fingerprint density at radius 1 is 1.26 bits per heavy atom. The van der Waals surface area contributed by atoms with Crippen molar-refractivity contribution < 1.29 is 9.53 Å². The Bertz CT molecular complexity index is 415. The molecule has 0 fully saturated rings. The minimum absolute atomic E-state index is 0.390. The molecular formula is C15H24N2O2. The third-order valence-corrected chi connectivity index (χ3v) is 3.15. The van der Waals surface area contributed by atoms with Crippen molar-refractivity contribution in [2.75, 3.05) is 31.6 Å². The number of nitrogens with zero attached hydrogens (tertiary/aromatic N) is 1. The van der Waals surface area contributed by atoms with Gasteiger partial charge in [0, 0.05) is 12.2 Å². The maximum absolute atomic E-state index is 11.7. The number of ether oxygens (including phenoxy) is 1. The lowest BCUT2D eigenvalue weighted by atomic mass is 10.1. The summed E-state index contributed by atoms with van der Waals surface area (Å²) in [5.41, 5.74) is 3.03. The van der Waals surface area contributed by atoms with Crippen LogP contribution in [0.4, 0.5) is 10.5 Å². The molecule has 0 aliphatic rings. The van der Waals surface area contributed by atoms with Crippen LogP contribution in [-0.2, 0) is 4.74 Å². The molecule has 1 aromatic carbocycles. The summed E-state index contributed by atoms with van der Waals surface area (Å²) in [5, 5.41) is 2.77. The van der Waals surface area contributed by atoms with Gasteiger partial charge in [0.25, 0.3) is 0 Å². The van der Waals surface area contributed by atoms with Crippen LogP contribution in [0.15, 0.2) is 18.2 Å². The molecule has 1 rings (SSSR count). The molecule has 0 saturated heterocycles. The molecule has 0 spiro atoms. The summed E-state index contributed by atoms with van der Waals surface area (Å²) in [4.78, 5) is 13.9. The highest BCUT2D eigenvalue weighted by molar-refractivity contribution is 5.85. The number of rotatable bonds is 6. The van der Waals surface area contributed by atoms with E-state index in [-0.39, 0.29) is 6.09 Å². The summed E-state index contributed by atoms with van der Waals surface area (Å²) in [7, 11) is 0. The molecular weight excluding hydrogens is 240 g/mol. The fourth-order valence-corrected chi connectivity index (χ4v) is 1.91. The molecule has 0 radical (unpaired) electrons. The van der Waals surface area contributed by atoms with Gasteiger partial charge >= 0.3 is 6.09 Å². The van der Waals surface area contributed by atoms with E-state index in [1.54, 1.807) is 0 Å². The zero-order valence-corrected chi connectivity index (χ0v) is 12.3. The minimum atomic E-state index is -0.390. The monoisotopic (exact) mass is 264 g/mol. The van der Waals surface area contributed by atoms with E-state index in [9.17, 15) is 4.79 Å². The first-order chi connectivity index (χ1) is 9.06. The Morgan fingerprint density at radius 3 is 2.53 bits per heavy atom. The largest absolute Gasteiger partial charge is 0.448 e. The summed E-state index contributed by atoms with van der Waals surface area (Å²) in [6.45, 7) is 11.3. The van der Waals surface area contributed by atoms with Crippen LogP contribution in [-0.4, -0.2) is 37.2 Å². The Hall–Kier alpha value is -1.55. The number of hydrogen-bond donors (Lipinski definition) is 1. The van der Waals surface area contributed by atoms with E-state index in [1.807, 2.05) is 32.0 Å². The number of carbonyl (C=O) groups excluding carboxylic acids is 1. The molecule has 0 unspecified atom stereocenters. The van der Waals surface area contributed by atoms with Crippen molar-refractivity contribution in [2.45, 2.75) is 27.7 Å². The van der Waals surface area contributed by atoms with Crippen LogP contribution in [0, 0.1) is 13.8 Å². The maximum Gasteiger partial charge on any atom is 0.411 e. The molecule has 0 heterocycles. The molecule has 0 atom stereocenters. The van der Waals surface area contributed by atoms with Crippen LogP contribution >= 0.6 is 0 Å². The van der Waals surface area contributed by atoms with E-state index in [0.717, 1.165) is 30.9 Å². The van der Waals surface area contributed by atoms with Crippen molar-refractivity contribution in [1.29, 1.82) is 0 Å². The van der Waals surface area contributed by atoms with Gasteiger partial charge in [-0.2, -0.15) is 0 Å². The molecule has 0 aliphatic heterocycles. The molecule has 4 nitrogen and oxygen atoms in total. The van der Waals surface area contributed by atoms with Gasteiger partial charge in [-0.1, -0.05) is 31.5 Å². The Labute approximate surface area is 115 Å². The lowest BCUT2D eigenvalue weighted by Crippen LogP contribution is -2.28. The second-order valence-electron chi connectivity index (χ2n) is 4.61. The Kier molecular flexibility index (Phi) is 6.36. The predicted molar refractivity (Wildman–Crippen MR) is 78.7 cm³/mol. The first kappa shape index (κ1) is 15.5. The van der Waals surface area contributed by atoms with Gasteiger partial charge in [0.2, 0.25) is 0 Å². The van der Waals surface area contributed by atoms with E-state index in [2.05, 4.69) is 24.1 Å². The van der Waals surface area contributed by atoms with E-state index < -0.39 is 0 Å². The molecule has 1 N–H and O–H groups in total. The number of benzene rings is 1. The van der Waals surface area contributed by atoms with Crippen LogP contribution in [0.1, 0.15) is 25.0 Å². The van der Waals surface area contributed by atoms with Crippen LogP contribution < -0.4 is 5.32 Å². The Balaban J connectivity index is 2.39. The molecule has 0 bridgehead atoms. The van der Waals surface area contributed by atoms with Gasteiger partial charge in [-0.05, 0) is 38.6 Å². The number of amides is 1. The molecule has 0 aliphatic carbocycles. The van der Waals surface area contributed by atoms with Crippen molar-refractivity contribution in [2.24, 2.45) is 0 Å². The van der Waals surface area contributed by atoms with Gasteiger partial charge in [-0.15, -0.1) is 0 Å². The van der Waals surface area contributed by atoms with Gasteiger partial charge in [0.05, 0.1) is 0 Å².